The smallest absolute Gasteiger partial charge is 0.497 e. The molecule has 0 radical (unpaired) electrons. The predicted octanol–water partition coefficient (Wildman–Crippen LogP) is 3.30. The van der Waals surface area contributed by atoms with Crippen molar-refractivity contribution in [3.8, 4) is 5.75 Å². The number of sulfonamides is 1. The topological polar surface area (TPSA) is 108 Å². The summed E-state index contributed by atoms with van der Waals surface area (Å²) in [4.78, 5) is 13.2. The summed E-state index contributed by atoms with van der Waals surface area (Å²) in [6.07, 6.45) is 9.95. The Morgan fingerprint density at radius 3 is 2.46 bits per heavy atom. The number of benzene rings is 2. The van der Waals surface area contributed by atoms with Crippen molar-refractivity contribution >= 4 is 38.4 Å². The summed E-state index contributed by atoms with van der Waals surface area (Å²) in [5, 5.41) is 3.34. The maximum atomic E-state index is 13.1. The molecule has 1 fully saturated rings. The van der Waals surface area contributed by atoms with Gasteiger partial charge in [-0.3, -0.25) is 4.98 Å². The molecule has 0 amide bonds. The van der Waals surface area contributed by atoms with Crippen molar-refractivity contribution in [2.75, 3.05) is 12.4 Å². The minimum absolute atomic E-state index is 0. The fraction of sp³-hybridized carbons (Fsp3) is 0.296. The Morgan fingerprint density at radius 2 is 1.76 bits per heavy atom. The van der Waals surface area contributed by atoms with Crippen LogP contribution in [0.15, 0.2) is 71.9 Å². The van der Waals surface area contributed by atoms with E-state index in [1.54, 1.807) is 19.2 Å². The van der Waals surface area contributed by atoms with E-state index in [-0.39, 0.29) is 67.9 Å². The number of anilines is 2. The third kappa shape index (κ3) is 6.87. The predicted molar refractivity (Wildman–Crippen MR) is 141 cm³/mol. The Labute approximate surface area is 260 Å². The average Bonchev–Trinajstić information content (AvgIpc) is 2.91. The van der Waals surface area contributed by atoms with Crippen LogP contribution < -0.4 is 61.4 Å². The van der Waals surface area contributed by atoms with Crippen molar-refractivity contribution < 1.29 is 64.5 Å². The van der Waals surface area contributed by atoms with Gasteiger partial charge in [-0.15, -0.1) is 0 Å². The van der Waals surface area contributed by atoms with Crippen molar-refractivity contribution in [1.29, 1.82) is 0 Å². The molecule has 1 N–H and O–H groups in total. The molecule has 0 saturated heterocycles. The standard InChI is InChI=1S/C27H28N5O3S.K/c1-35-21-14-13-20(16-19-8-3-2-4-9-19)25(17-21)31-26-27(30-24-12-6-5-11-23(24)29-26)32-36(33,34)22-10-7-15-28-18-22;/h5-7,10-15,17-19H,2-4,8-9,16H2,1H3,(H-,29,30,31,32);/q-1;+1. The fourth-order valence-electron chi connectivity index (χ4n) is 4.61. The number of hydrogen-bond acceptors (Lipinski definition) is 7. The first-order valence-corrected chi connectivity index (χ1v) is 13.5. The quantitative estimate of drug-likeness (QED) is 0.341. The molecule has 0 bridgehead atoms. The van der Waals surface area contributed by atoms with E-state index in [2.05, 4.69) is 26.1 Å². The fourth-order valence-corrected chi connectivity index (χ4v) is 5.52. The van der Waals surface area contributed by atoms with Gasteiger partial charge in [0.2, 0.25) is 10.0 Å². The molecule has 1 saturated carbocycles. The molecule has 186 valence electrons. The van der Waals surface area contributed by atoms with Crippen LogP contribution in [0.3, 0.4) is 0 Å². The largest absolute Gasteiger partial charge is 1.00 e. The van der Waals surface area contributed by atoms with E-state index < -0.39 is 10.0 Å². The van der Waals surface area contributed by atoms with Gasteiger partial charge in [0.05, 0.1) is 17.5 Å². The van der Waals surface area contributed by atoms with Crippen LogP contribution in [0.1, 0.15) is 37.7 Å². The number of hydrogen-bond donors (Lipinski definition) is 1. The van der Waals surface area contributed by atoms with E-state index in [0.29, 0.717) is 22.7 Å². The Kier molecular flexibility index (Phi) is 9.55. The summed E-state index contributed by atoms with van der Waals surface area (Å²) >= 11 is 0. The number of rotatable bonds is 8. The zero-order chi connectivity index (χ0) is 25.0. The second-order valence-corrected chi connectivity index (χ2v) is 10.6. The molecular weight excluding hydrogens is 513 g/mol. The Balaban J connectivity index is 0.00000320. The average molecular weight is 542 g/mol. The van der Waals surface area contributed by atoms with Crippen LogP contribution in [0.25, 0.3) is 15.8 Å². The molecule has 37 heavy (non-hydrogen) atoms. The Morgan fingerprint density at radius 1 is 1.00 bits per heavy atom. The summed E-state index contributed by atoms with van der Waals surface area (Å²) in [5.41, 5.74) is 3.11. The zero-order valence-electron chi connectivity index (χ0n) is 21.1. The maximum Gasteiger partial charge on any atom is 1.00 e. The second kappa shape index (κ2) is 12.6. The van der Waals surface area contributed by atoms with Crippen LogP contribution in [0.4, 0.5) is 17.3 Å². The minimum atomic E-state index is -4.05. The summed E-state index contributed by atoms with van der Waals surface area (Å²) in [6.45, 7) is 0. The molecule has 0 spiro atoms. The molecule has 8 nitrogen and oxygen atoms in total. The molecule has 10 heteroatoms. The van der Waals surface area contributed by atoms with Gasteiger partial charge >= 0.3 is 51.4 Å². The molecule has 2 aromatic heterocycles. The molecule has 0 aliphatic heterocycles. The number of aromatic nitrogens is 3. The van der Waals surface area contributed by atoms with Crippen LogP contribution in [0.2, 0.25) is 0 Å². The zero-order valence-corrected chi connectivity index (χ0v) is 25.0. The van der Waals surface area contributed by atoms with Gasteiger partial charge in [-0.2, -0.15) is 0 Å². The van der Waals surface area contributed by atoms with E-state index in [0.717, 1.165) is 17.7 Å². The Bertz CT molecular complexity index is 1460. The van der Waals surface area contributed by atoms with Gasteiger partial charge in [0.1, 0.15) is 11.6 Å². The van der Waals surface area contributed by atoms with Crippen molar-refractivity contribution in [2.45, 2.75) is 43.4 Å². The first-order valence-electron chi connectivity index (χ1n) is 12.1. The first-order chi connectivity index (χ1) is 17.5. The third-order valence-corrected chi connectivity index (χ3v) is 7.74. The first kappa shape index (κ1) is 27.9. The van der Waals surface area contributed by atoms with Crippen molar-refractivity contribution in [3.63, 3.8) is 0 Å². The van der Waals surface area contributed by atoms with Crippen LogP contribution in [0.5, 0.6) is 5.75 Å². The number of methoxy groups -OCH3 is 1. The monoisotopic (exact) mass is 541 g/mol. The van der Waals surface area contributed by atoms with Crippen LogP contribution in [0, 0.1) is 5.92 Å². The van der Waals surface area contributed by atoms with E-state index in [1.165, 1.54) is 50.6 Å². The Hall–Kier alpha value is -2.08. The van der Waals surface area contributed by atoms with Gasteiger partial charge in [0, 0.05) is 24.1 Å². The third-order valence-electron chi connectivity index (χ3n) is 6.49. The van der Waals surface area contributed by atoms with E-state index in [4.69, 9.17) is 9.72 Å². The molecule has 2 heterocycles. The summed E-state index contributed by atoms with van der Waals surface area (Å²) < 4.78 is 35.6. The number of ether oxygens (including phenoxy) is 1. The van der Waals surface area contributed by atoms with Crippen molar-refractivity contribution in [3.05, 3.63) is 77.3 Å². The molecular formula is C27H28KN5O3S. The molecule has 4 aromatic rings. The molecule has 2 aromatic carbocycles. The van der Waals surface area contributed by atoms with Gasteiger partial charge in [-0.1, -0.05) is 56.4 Å². The van der Waals surface area contributed by atoms with E-state index >= 15 is 0 Å². The van der Waals surface area contributed by atoms with Gasteiger partial charge in [-0.05, 0) is 53.5 Å². The summed E-state index contributed by atoms with van der Waals surface area (Å²) in [6, 6.07) is 16.2. The molecule has 0 unspecified atom stereocenters. The molecule has 1 aliphatic carbocycles. The van der Waals surface area contributed by atoms with Crippen LogP contribution in [-0.2, 0) is 16.4 Å². The SMILES string of the molecule is COc1ccc(CC2CCCCC2)c(Nc2nc3ccccc3nc2[N-]S(=O)(=O)c2cccnc2)c1.[K+]. The van der Waals surface area contributed by atoms with Crippen LogP contribution >= 0.6 is 0 Å². The minimum Gasteiger partial charge on any atom is -0.497 e. The van der Waals surface area contributed by atoms with E-state index in [9.17, 15) is 8.42 Å². The van der Waals surface area contributed by atoms with Gasteiger partial charge in [0.25, 0.3) is 0 Å². The van der Waals surface area contributed by atoms with E-state index in [1.807, 2.05) is 30.3 Å². The summed E-state index contributed by atoms with van der Waals surface area (Å²) in [5.74, 6) is 1.56. The van der Waals surface area contributed by atoms with Crippen molar-refractivity contribution in [2.24, 2.45) is 5.92 Å². The number of nitrogens with zero attached hydrogens (tertiary/aromatic N) is 4. The second-order valence-electron chi connectivity index (χ2n) is 9.00. The van der Waals surface area contributed by atoms with Gasteiger partial charge < -0.3 is 19.8 Å². The van der Waals surface area contributed by atoms with Gasteiger partial charge in [0.15, 0.2) is 0 Å². The molecule has 5 rings (SSSR count). The molecule has 0 atom stereocenters. The molecule has 1 aliphatic rings. The number of pyridine rings is 1. The summed E-state index contributed by atoms with van der Waals surface area (Å²) in [7, 11) is -2.43. The number of para-hydroxylation sites is 2. The maximum absolute atomic E-state index is 13.1. The normalized spacial score (nSPS) is 14.1. The number of nitrogens with one attached hydrogen (secondary N) is 1. The van der Waals surface area contributed by atoms with Crippen molar-refractivity contribution in [1.82, 2.24) is 15.0 Å². The number of fused-ring (bicyclic) bond motifs is 1. The van der Waals surface area contributed by atoms with Gasteiger partial charge in [-0.25, -0.2) is 13.4 Å². The van der Waals surface area contributed by atoms with Crippen LogP contribution in [-0.4, -0.2) is 30.5 Å².